The Labute approximate surface area is 112 Å². The minimum atomic E-state index is -1.04. The number of nitrogens with one attached hydrogen (secondary N) is 1. The van der Waals surface area contributed by atoms with Crippen LogP contribution in [0.25, 0.3) is 0 Å². The van der Waals surface area contributed by atoms with E-state index in [0.717, 1.165) is 24.8 Å². The van der Waals surface area contributed by atoms with Gasteiger partial charge in [0.25, 0.3) is 0 Å². The molecule has 0 bridgehead atoms. The minimum absolute atomic E-state index is 0.143. The smallest absolute Gasteiger partial charge is 0.411 e. The predicted molar refractivity (Wildman–Crippen MR) is 72.7 cm³/mol. The van der Waals surface area contributed by atoms with Crippen LogP contribution in [0, 0.1) is 0 Å². The summed E-state index contributed by atoms with van der Waals surface area (Å²) in [5.74, 6) is -1.04. The van der Waals surface area contributed by atoms with E-state index in [4.69, 9.17) is 0 Å². The maximum Gasteiger partial charge on any atom is 0.411 e. The van der Waals surface area contributed by atoms with Crippen LogP contribution in [-0.4, -0.2) is 24.3 Å². The maximum absolute atomic E-state index is 11.4. The van der Waals surface area contributed by atoms with Gasteiger partial charge in [-0.05, 0) is 24.5 Å². The lowest BCUT2D eigenvalue weighted by Crippen LogP contribution is -2.15. The van der Waals surface area contributed by atoms with E-state index in [2.05, 4.69) is 17.0 Å². The first-order valence-electron chi connectivity index (χ1n) is 6.30. The number of hydrogen-bond acceptors (Lipinski definition) is 3. The lowest BCUT2D eigenvalue weighted by atomic mass is 9.99. The van der Waals surface area contributed by atoms with E-state index in [1.807, 2.05) is 0 Å². The molecule has 104 valence electrons. The molecular weight excluding hydrogens is 246 g/mol. The van der Waals surface area contributed by atoms with Crippen LogP contribution in [0.1, 0.15) is 42.1 Å². The van der Waals surface area contributed by atoms with Gasteiger partial charge in [0.15, 0.2) is 0 Å². The second kappa shape index (κ2) is 7.41. The van der Waals surface area contributed by atoms with Gasteiger partial charge in [0, 0.05) is 0 Å². The molecule has 0 aliphatic rings. The highest BCUT2D eigenvalue weighted by atomic mass is 16.5. The summed E-state index contributed by atoms with van der Waals surface area (Å²) >= 11 is 0. The number of ether oxygens (including phenoxy) is 1. The average Bonchev–Trinajstić information content (AvgIpc) is 2.38. The molecule has 0 heterocycles. The van der Waals surface area contributed by atoms with E-state index >= 15 is 0 Å². The van der Waals surface area contributed by atoms with E-state index in [9.17, 15) is 14.7 Å². The summed E-state index contributed by atoms with van der Waals surface area (Å²) in [6, 6.07) is 5.07. The van der Waals surface area contributed by atoms with Gasteiger partial charge >= 0.3 is 12.1 Å². The van der Waals surface area contributed by atoms with Crippen LogP contribution < -0.4 is 5.32 Å². The number of hydrogen-bond donors (Lipinski definition) is 2. The van der Waals surface area contributed by atoms with E-state index < -0.39 is 12.1 Å². The first-order valence-corrected chi connectivity index (χ1v) is 6.30. The summed E-state index contributed by atoms with van der Waals surface area (Å²) in [6.45, 7) is 2.09. The standard InChI is InChI=1S/C14H19NO4/c1-3-4-5-7-10-8-6-9-11(12(10)13(16)17)15-14(18)19-2/h6,8-9H,3-5,7H2,1-2H3,(H,15,18)(H,16,17). The first-order chi connectivity index (χ1) is 9.10. The molecule has 0 spiro atoms. The molecule has 0 aromatic heterocycles. The van der Waals surface area contributed by atoms with Crippen molar-refractivity contribution in [1.82, 2.24) is 0 Å². The number of carbonyl (C=O) groups excluding carboxylic acids is 1. The van der Waals surface area contributed by atoms with Crippen LogP contribution in [0.15, 0.2) is 18.2 Å². The van der Waals surface area contributed by atoms with Crippen molar-refractivity contribution < 1.29 is 19.4 Å². The molecule has 5 heteroatoms. The van der Waals surface area contributed by atoms with Crippen LogP contribution in [-0.2, 0) is 11.2 Å². The van der Waals surface area contributed by atoms with Crippen molar-refractivity contribution in [1.29, 1.82) is 0 Å². The SMILES string of the molecule is CCCCCc1cccc(NC(=O)OC)c1C(=O)O. The number of anilines is 1. The van der Waals surface area contributed by atoms with Gasteiger partial charge in [-0.15, -0.1) is 0 Å². The molecule has 0 atom stereocenters. The summed E-state index contributed by atoms with van der Waals surface area (Å²) in [5, 5.41) is 11.7. The van der Waals surface area contributed by atoms with Crippen LogP contribution in [0.5, 0.6) is 0 Å². The number of unbranched alkanes of at least 4 members (excludes halogenated alkanes) is 2. The Kier molecular flexibility index (Phi) is 5.85. The average molecular weight is 265 g/mol. The topological polar surface area (TPSA) is 75.6 Å². The number of carboxylic acid groups (broad SMARTS) is 1. The number of carbonyl (C=O) groups is 2. The Morgan fingerprint density at radius 3 is 2.63 bits per heavy atom. The Bertz CT molecular complexity index is 457. The van der Waals surface area contributed by atoms with Gasteiger partial charge in [-0.1, -0.05) is 31.9 Å². The second-order valence-corrected chi connectivity index (χ2v) is 4.22. The van der Waals surface area contributed by atoms with Gasteiger partial charge in [-0.2, -0.15) is 0 Å². The number of rotatable bonds is 6. The van der Waals surface area contributed by atoms with Crippen LogP contribution in [0.3, 0.4) is 0 Å². The molecule has 5 nitrogen and oxygen atoms in total. The second-order valence-electron chi connectivity index (χ2n) is 4.22. The van der Waals surface area contributed by atoms with Crippen molar-refractivity contribution in [3.8, 4) is 0 Å². The van der Waals surface area contributed by atoms with E-state index in [1.165, 1.54) is 7.11 Å². The first kappa shape index (κ1) is 15.0. The number of aromatic carboxylic acids is 1. The molecule has 0 saturated carbocycles. The third-order valence-corrected chi connectivity index (χ3v) is 2.84. The number of benzene rings is 1. The fourth-order valence-corrected chi connectivity index (χ4v) is 1.89. The fourth-order valence-electron chi connectivity index (χ4n) is 1.89. The van der Waals surface area contributed by atoms with Gasteiger partial charge in [0.05, 0.1) is 18.4 Å². The lowest BCUT2D eigenvalue weighted by Gasteiger charge is -2.12. The third-order valence-electron chi connectivity index (χ3n) is 2.84. The fraction of sp³-hybridized carbons (Fsp3) is 0.429. The largest absolute Gasteiger partial charge is 0.478 e. The summed E-state index contributed by atoms with van der Waals surface area (Å²) < 4.78 is 4.48. The van der Waals surface area contributed by atoms with Crippen molar-refractivity contribution in [3.63, 3.8) is 0 Å². The molecule has 2 N–H and O–H groups in total. The molecule has 1 aromatic carbocycles. The number of amides is 1. The predicted octanol–water partition coefficient (Wildman–Crippen LogP) is 3.30. The molecule has 19 heavy (non-hydrogen) atoms. The molecule has 0 aliphatic heterocycles. The van der Waals surface area contributed by atoms with Gasteiger partial charge in [0.1, 0.15) is 0 Å². The van der Waals surface area contributed by atoms with E-state index in [1.54, 1.807) is 18.2 Å². The number of methoxy groups -OCH3 is 1. The zero-order valence-corrected chi connectivity index (χ0v) is 11.2. The van der Waals surface area contributed by atoms with Gasteiger partial charge in [-0.25, -0.2) is 9.59 Å². The summed E-state index contributed by atoms with van der Waals surface area (Å²) in [6.07, 6.45) is 3.06. The molecule has 0 fully saturated rings. The highest BCUT2D eigenvalue weighted by Gasteiger charge is 2.16. The quantitative estimate of drug-likeness (QED) is 0.774. The molecule has 0 aliphatic carbocycles. The number of aryl methyl sites for hydroxylation is 1. The Hall–Kier alpha value is -2.04. The van der Waals surface area contributed by atoms with Crippen molar-refractivity contribution in [2.75, 3.05) is 12.4 Å². The molecule has 1 aromatic rings. The summed E-state index contributed by atoms with van der Waals surface area (Å²) in [5.41, 5.74) is 1.15. The zero-order valence-electron chi connectivity index (χ0n) is 11.2. The van der Waals surface area contributed by atoms with E-state index in [-0.39, 0.29) is 11.3 Å². The van der Waals surface area contributed by atoms with Crippen molar-refractivity contribution in [2.24, 2.45) is 0 Å². The molecule has 1 rings (SSSR count). The van der Waals surface area contributed by atoms with E-state index in [0.29, 0.717) is 6.42 Å². The minimum Gasteiger partial charge on any atom is -0.478 e. The molecule has 0 radical (unpaired) electrons. The Morgan fingerprint density at radius 2 is 2.05 bits per heavy atom. The van der Waals surface area contributed by atoms with Gasteiger partial charge in [-0.3, -0.25) is 5.32 Å². The molecule has 0 saturated heterocycles. The molecule has 1 amide bonds. The van der Waals surface area contributed by atoms with Crippen molar-refractivity contribution >= 4 is 17.7 Å². The lowest BCUT2D eigenvalue weighted by molar-refractivity contribution is 0.0697. The summed E-state index contributed by atoms with van der Waals surface area (Å²) in [4.78, 5) is 22.6. The normalized spacial score (nSPS) is 10.0. The number of carboxylic acids is 1. The molecular formula is C14H19NO4. The van der Waals surface area contributed by atoms with Crippen LogP contribution >= 0.6 is 0 Å². The highest BCUT2D eigenvalue weighted by molar-refractivity contribution is 6.00. The highest BCUT2D eigenvalue weighted by Crippen LogP contribution is 2.22. The van der Waals surface area contributed by atoms with Crippen LogP contribution in [0.2, 0.25) is 0 Å². The summed E-state index contributed by atoms with van der Waals surface area (Å²) in [7, 11) is 1.24. The third kappa shape index (κ3) is 4.28. The van der Waals surface area contributed by atoms with Crippen molar-refractivity contribution in [3.05, 3.63) is 29.3 Å². The van der Waals surface area contributed by atoms with Gasteiger partial charge in [0.2, 0.25) is 0 Å². The molecule has 0 unspecified atom stereocenters. The monoisotopic (exact) mass is 265 g/mol. The Balaban J connectivity index is 3.00. The Morgan fingerprint density at radius 1 is 1.32 bits per heavy atom. The van der Waals surface area contributed by atoms with Crippen molar-refractivity contribution in [2.45, 2.75) is 32.6 Å². The van der Waals surface area contributed by atoms with Crippen LogP contribution in [0.4, 0.5) is 10.5 Å². The van der Waals surface area contributed by atoms with Gasteiger partial charge < -0.3 is 9.84 Å². The zero-order chi connectivity index (χ0) is 14.3. The maximum atomic E-state index is 11.4.